The minimum atomic E-state index is -0.184. The van der Waals surface area contributed by atoms with Gasteiger partial charge in [0.15, 0.2) is 0 Å². The molecule has 1 aromatic carbocycles. The van der Waals surface area contributed by atoms with Crippen LogP contribution in [0, 0.1) is 6.92 Å². The van der Waals surface area contributed by atoms with E-state index in [-0.39, 0.29) is 11.6 Å². The van der Waals surface area contributed by atoms with Gasteiger partial charge in [0, 0.05) is 18.2 Å². The number of hydrogen-bond donors (Lipinski definition) is 1. The van der Waals surface area contributed by atoms with Crippen LogP contribution in [0.4, 0.5) is 0 Å². The Bertz CT molecular complexity index is 376. The molecule has 1 aromatic rings. The summed E-state index contributed by atoms with van der Waals surface area (Å²) in [6.07, 6.45) is 1.60. The van der Waals surface area contributed by atoms with Crippen LogP contribution in [-0.2, 0) is 11.2 Å². The van der Waals surface area contributed by atoms with Gasteiger partial charge < -0.3 is 10.5 Å². The Labute approximate surface area is 109 Å². The van der Waals surface area contributed by atoms with Crippen LogP contribution in [0.3, 0.4) is 0 Å². The molecule has 0 amide bonds. The summed E-state index contributed by atoms with van der Waals surface area (Å²) in [7, 11) is 1.71. The van der Waals surface area contributed by atoms with Crippen molar-refractivity contribution < 1.29 is 4.74 Å². The smallest absolute Gasteiger partial charge is 0.0637 e. The highest BCUT2D eigenvalue weighted by molar-refractivity contribution is 6.31. The van der Waals surface area contributed by atoms with Crippen molar-refractivity contribution in [3.05, 3.63) is 34.3 Å². The van der Waals surface area contributed by atoms with Crippen LogP contribution < -0.4 is 5.73 Å². The van der Waals surface area contributed by atoms with Crippen LogP contribution in [-0.4, -0.2) is 18.8 Å². The zero-order chi connectivity index (χ0) is 13.1. The largest absolute Gasteiger partial charge is 0.379 e. The van der Waals surface area contributed by atoms with E-state index in [9.17, 15) is 0 Å². The molecule has 2 N–H and O–H groups in total. The Balaban J connectivity index is 2.65. The zero-order valence-electron chi connectivity index (χ0n) is 11.1. The maximum atomic E-state index is 6.19. The predicted molar refractivity (Wildman–Crippen MR) is 73.6 cm³/mol. The van der Waals surface area contributed by atoms with Gasteiger partial charge in [-0.3, -0.25) is 0 Å². The van der Waals surface area contributed by atoms with Crippen molar-refractivity contribution in [3.63, 3.8) is 0 Å². The lowest BCUT2D eigenvalue weighted by atomic mass is 9.94. The van der Waals surface area contributed by atoms with Crippen LogP contribution >= 0.6 is 11.6 Å². The van der Waals surface area contributed by atoms with E-state index in [4.69, 9.17) is 22.1 Å². The first-order chi connectivity index (χ1) is 7.84. The Morgan fingerprint density at radius 1 is 1.41 bits per heavy atom. The van der Waals surface area contributed by atoms with Crippen LogP contribution in [0.15, 0.2) is 18.2 Å². The molecule has 0 spiro atoms. The minimum absolute atomic E-state index is 0.0603. The third kappa shape index (κ3) is 4.66. The second kappa shape index (κ2) is 5.85. The van der Waals surface area contributed by atoms with Gasteiger partial charge in [0.25, 0.3) is 0 Å². The molecule has 17 heavy (non-hydrogen) atoms. The summed E-state index contributed by atoms with van der Waals surface area (Å²) in [5, 5.41) is 0.802. The third-order valence-corrected chi connectivity index (χ3v) is 3.35. The fraction of sp³-hybridized carbons (Fsp3) is 0.571. The van der Waals surface area contributed by atoms with Crippen molar-refractivity contribution >= 4 is 11.6 Å². The van der Waals surface area contributed by atoms with Gasteiger partial charge in [-0.2, -0.15) is 0 Å². The van der Waals surface area contributed by atoms with E-state index >= 15 is 0 Å². The Kier molecular flexibility index (Phi) is 4.99. The molecule has 0 aliphatic rings. The van der Waals surface area contributed by atoms with Gasteiger partial charge in [0.05, 0.1) is 5.60 Å². The van der Waals surface area contributed by atoms with Crippen LogP contribution in [0.25, 0.3) is 0 Å². The standard InChI is InChI=1S/C14H22ClNO/c1-10-5-6-11(13(15)7-10)8-12(16)9-14(2,3)17-4/h5-7,12H,8-9,16H2,1-4H3. The predicted octanol–water partition coefficient (Wildman–Crippen LogP) is 3.33. The number of ether oxygens (including phenoxy) is 1. The van der Waals surface area contributed by atoms with E-state index < -0.39 is 0 Å². The number of halogens is 1. The topological polar surface area (TPSA) is 35.2 Å². The molecule has 0 aliphatic carbocycles. The fourth-order valence-corrected chi connectivity index (χ4v) is 2.20. The lowest BCUT2D eigenvalue weighted by Gasteiger charge is -2.26. The van der Waals surface area contributed by atoms with Crippen LogP contribution in [0.2, 0.25) is 5.02 Å². The number of aryl methyl sites for hydroxylation is 1. The number of nitrogens with two attached hydrogens (primary N) is 1. The average Bonchev–Trinajstić information content (AvgIpc) is 2.21. The number of methoxy groups -OCH3 is 1. The third-order valence-electron chi connectivity index (χ3n) is 3.00. The molecule has 0 fully saturated rings. The molecule has 1 rings (SSSR count). The van der Waals surface area contributed by atoms with E-state index in [2.05, 4.69) is 12.1 Å². The summed E-state index contributed by atoms with van der Waals surface area (Å²) in [4.78, 5) is 0. The first kappa shape index (κ1) is 14.5. The van der Waals surface area contributed by atoms with Crippen molar-refractivity contribution in [3.8, 4) is 0 Å². The molecule has 0 radical (unpaired) electrons. The molecule has 0 saturated carbocycles. The maximum Gasteiger partial charge on any atom is 0.0637 e. The quantitative estimate of drug-likeness (QED) is 0.876. The van der Waals surface area contributed by atoms with Gasteiger partial charge in [0.2, 0.25) is 0 Å². The highest BCUT2D eigenvalue weighted by Crippen LogP contribution is 2.22. The van der Waals surface area contributed by atoms with Gasteiger partial charge >= 0.3 is 0 Å². The van der Waals surface area contributed by atoms with Crippen molar-refractivity contribution in [2.45, 2.75) is 45.3 Å². The van der Waals surface area contributed by atoms with Gasteiger partial charge in [-0.25, -0.2) is 0 Å². The molecule has 0 heterocycles. The second-order valence-electron chi connectivity index (χ2n) is 5.23. The van der Waals surface area contributed by atoms with E-state index in [0.717, 1.165) is 23.4 Å². The monoisotopic (exact) mass is 255 g/mol. The van der Waals surface area contributed by atoms with Crippen molar-refractivity contribution in [2.75, 3.05) is 7.11 Å². The SMILES string of the molecule is COC(C)(C)CC(N)Cc1ccc(C)cc1Cl. The lowest BCUT2D eigenvalue weighted by Crippen LogP contribution is -2.35. The van der Waals surface area contributed by atoms with E-state index in [1.807, 2.05) is 26.8 Å². The molecule has 0 saturated heterocycles. The summed E-state index contributed by atoms with van der Waals surface area (Å²) in [5.74, 6) is 0. The maximum absolute atomic E-state index is 6.19. The molecular formula is C14H22ClNO. The lowest BCUT2D eigenvalue weighted by molar-refractivity contribution is 0.0102. The van der Waals surface area contributed by atoms with Gasteiger partial charge in [-0.1, -0.05) is 23.7 Å². The normalized spacial score (nSPS) is 13.8. The van der Waals surface area contributed by atoms with Crippen molar-refractivity contribution in [1.29, 1.82) is 0 Å². The average molecular weight is 256 g/mol. The van der Waals surface area contributed by atoms with E-state index in [1.165, 1.54) is 5.56 Å². The second-order valence-corrected chi connectivity index (χ2v) is 5.63. The molecular weight excluding hydrogens is 234 g/mol. The highest BCUT2D eigenvalue weighted by atomic mass is 35.5. The van der Waals surface area contributed by atoms with Crippen LogP contribution in [0.5, 0.6) is 0 Å². The zero-order valence-corrected chi connectivity index (χ0v) is 11.8. The molecule has 2 nitrogen and oxygen atoms in total. The highest BCUT2D eigenvalue weighted by Gasteiger charge is 2.21. The molecule has 0 aliphatic heterocycles. The molecule has 1 unspecified atom stereocenters. The van der Waals surface area contributed by atoms with Crippen molar-refractivity contribution in [2.24, 2.45) is 5.73 Å². The Morgan fingerprint density at radius 3 is 2.59 bits per heavy atom. The summed E-state index contributed by atoms with van der Waals surface area (Å²) in [6, 6.07) is 6.16. The fourth-order valence-electron chi connectivity index (χ4n) is 1.89. The minimum Gasteiger partial charge on any atom is -0.379 e. The molecule has 0 bridgehead atoms. The van der Waals surface area contributed by atoms with Gasteiger partial charge in [0.1, 0.15) is 0 Å². The van der Waals surface area contributed by atoms with E-state index in [1.54, 1.807) is 7.11 Å². The number of benzene rings is 1. The first-order valence-electron chi connectivity index (χ1n) is 5.90. The summed E-state index contributed by atoms with van der Waals surface area (Å²) < 4.78 is 5.38. The number of rotatable bonds is 5. The van der Waals surface area contributed by atoms with E-state index in [0.29, 0.717) is 0 Å². The molecule has 96 valence electrons. The summed E-state index contributed by atoms with van der Waals surface area (Å²) in [5.41, 5.74) is 8.23. The van der Waals surface area contributed by atoms with Gasteiger partial charge in [-0.05, 0) is 50.8 Å². The van der Waals surface area contributed by atoms with Crippen LogP contribution in [0.1, 0.15) is 31.4 Å². The molecule has 3 heteroatoms. The Morgan fingerprint density at radius 2 is 2.06 bits per heavy atom. The molecule has 1 atom stereocenters. The first-order valence-corrected chi connectivity index (χ1v) is 6.27. The van der Waals surface area contributed by atoms with Crippen molar-refractivity contribution in [1.82, 2.24) is 0 Å². The molecule has 0 aromatic heterocycles. The Hall–Kier alpha value is -0.570. The summed E-state index contributed by atoms with van der Waals surface area (Å²) >= 11 is 6.19. The van der Waals surface area contributed by atoms with Gasteiger partial charge in [-0.15, -0.1) is 0 Å². The number of hydrogen-bond acceptors (Lipinski definition) is 2. The summed E-state index contributed by atoms with van der Waals surface area (Å²) in [6.45, 7) is 6.12.